The quantitative estimate of drug-likeness (QED) is 0.240. The summed E-state index contributed by atoms with van der Waals surface area (Å²) in [6.07, 6.45) is -6.18. The fourth-order valence-electron chi connectivity index (χ4n) is 8.34. The number of Topliss-reactive ketones (excluding diaryl/α,β-unsaturated/α-hetero) is 1. The van der Waals surface area contributed by atoms with Crippen molar-refractivity contribution in [3.63, 3.8) is 0 Å². The van der Waals surface area contributed by atoms with Crippen molar-refractivity contribution in [2.45, 2.75) is 128 Å². The number of aliphatic hydroxyl groups is 3. The van der Waals surface area contributed by atoms with E-state index in [0.29, 0.717) is 5.57 Å². The van der Waals surface area contributed by atoms with Crippen molar-refractivity contribution >= 4 is 26.0 Å². The van der Waals surface area contributed by atoms with Gasteiger partial charge in [0, 0.05) is 25.2 Å². The number of carbonyl (C=O) groups excluding carboxylic acids is 3. The lowest BCUT2D eigenvalue weighted by Gasteiger charge is -2.68. The first kappa shape index (κ1) is 34.9. The highest BCUT2D eigenvalue weighted by Gasteiger charge is 2.78. The Morgan fingerprint density at radius 3 is 2.20 bits per heavy atom. The Morgan fingerprint density at radius 1 is 1.07 bits per heavy atom. The van der Waals surface area contributed by atoms with Gasteiger partial charge in [-0.2, -0.15) is 0 Å². The molecule has 0 spiro atoms. The number of esters is 2. The lowest BCUT2D eigenvalue weighted by molar-refractivity contribution is -0.344. The maximum Gasteiger partial charge on any atom is 0.338 e. The maximum atomic E-state index is 15.1. The van der Waals surface area contributed by atoms with Crippen LogP contribution in [0.5, 0.6) is 0 Å². The topological polar surface area (TPSA) is 149 Å². The Labute approximate surface area is 272 Å². The average Bonchev–Trinajstić information content (AvgIpc) is 2.94. The molecule has 0 aromatic heterocycles. The van der Waals surface area contributed by atoms with Gasteiger partial charge >= 0.3 is 11.9 Å². The van der Waals surface area contributed by atoms with Gasteiger partial charge in [-0.1, -0.05) is 52.8 Å². The monoisotopic (exact) mass is 658 g/mol. The molecule has 2 saturated carbocycles. The van der Waals surface area contributed by atoms with Crippen molar-refractivity contribution in [1.82, 2.24) is 0 Å². The molecule has 4 aliphatic rings. The van der Waals surface area contributed by atoms with Gasteiger partial charge in [-0.3, -0.25) is 9.59 Å². The number of hydrogen-bond donors (Lipinski definition) is 3. The molecule has 1 aliphatic heterocycles. The van der Waals surface area contributed by atoms with Gasteiger partial charge in [0.2, 0.25) is 0 Å². The third-order valence-corrected chi connectivity index (χ3v) is 16.6. The summed E-state index contributed by atoms with van der Waals surface area (Å²) < 4.78 is 25.6. The summed E-state index contributed by atoms with van der Waals surface area (Å²) >= 11 is 0. The van der Waals surface area contributed by atoms with Crippen LogP contribution in [0.25, 0.3) is 0 Å². The standard InChI is InChI=1S/C35H50O10Si/c1-19-22(37)17-35(41)29(43-30(40)21-14-12-11-13-15-21)27-33(8,28(39)26(38)25(19)32(35,6)7)23(45-46(9,10)31(3,4)5)16-24-34(27,18-42-24)44-20(2)36/h11-15,22-24,26-27,29,37-38,41H,16-18H2,1-10H3/t22-,23-,24+,26+,27-,29-,33+,34-,35+/m0/s1. The normalized spacial score (nSPS) is 38.8. The van der Waals surface area contributed by atoms with Crippen LogP contribution in [-0.4, -0.2) is 89.7 Å². The van der Waals surface area contributed by atoms with E-state index >= 15 is 4.79 Å². The first-order chi connectivity index (χ1) is 21.1. The van der Waals surface area contributed by atoms with Crippen LogP contribution in [0.2, 0.25) is 18.1 Å². The molecule has 0 amide bonds. The number of rotatable bonds is 5. The summed E-state index contributed by atoms with van der Waals surface area (Å²) in [7, 11) is -2.61. The minimum atomic E-state index is -2.61. The first-order valence-corrected chi connectivity index (χ1v) is 19.1. The Bertz CT molecular complexity index is 1450. The van der Waals surface area contributed by atoms with Crippen molar-refractivity contribution in [2.75, 3.05) is 6.61 Å². The zero-order valence-electron chi connectivity index (χ0n) is 28.7. The van der Waals surface area contributed by atoms with Crippen LogP contribution in [0.1, 0.15) is 78.6 Å². The van der Waals surface area contributed by atoms with Crippen LogP contribution in [0.3, 0.4) is 0 Å². The van der Waals surface area contributed by atoms with Gasteiger partial charge in [-0.15, -0.1) is 0 Å². The second-order valence-electron chi connectivity index (χ2n) is 16.0. The number of ketones is 1. The number of ether oxygens (including phenoxy) is 3. The minimum absolute atomic E-state index is 0.117. The summed E-state index contributed by atoms with van der Waals surface area (Å²) in [5, 5.41) is 36.2. The molecule has 10 nitrogen and oxygen atoms in total. The zero-order chi connectivity index (χ0) is 34.4. The van der Waals surface area contributed by atoms with Crippen LogP contribution >= 0.6 is 0 Å². The molecule has 1 saturated heterocycles. The molecule has 11 heteroatoms. The fraction of sp³-hybridized carbons (Fsp3) is 0.686. The molecular weight excluding hydrogens is 608 g/mol. The van der Waals surface area contributed by atoms with Gasteiger partial charge in [-0.05, 0) is 55.3 Å². The fourth-order valence-corrected chi connectivity index (χ4v) is 9.75. The highest BCUT2D eigenvalue weighted by molar-refractivity contribution is 6.74. The zero-order valence-corrected chi connectivity index (χ0v) is 29.7. The molecule has 254 valence electrons. The average molecular weight is 659 g/mol. The Kier molecular flexibility index (Phi) is 8.40. The minimum Gasteiger partial charge on any atom is -0.455 e. The van der Waals surface area contributed by atoms with Crippen molar-refractivity contribution in [3.8, 4) is 0 Å². The molecule has 46 heavy (non-hydrogen) atoms. The number of aliphatic hydroxyl groups excluding tert-OH is 2. The van der Waals surface area contributed by atoms with Crippen LogP contribution in [0.4, 0.5) is 0 Å². The molecule has 2 bridgehead atoms. The summed E-state index contributed by atoms with van der Waals surface area (Å²) in [5.41, 5.74) is -5.79. The molecule has 1 heterocycles. The second-order valence-corrected chi connectivity index (χ2v) is 20.8. The molecule has 1 aromatic rings. The largest absolute Gasteiger partial charge is 0.455 e. The molecule has 0 radical (unpaired) electrons. The SMILES string of the molecule is CC(=O)O[C@@]12CO[C@@H]1C[C@H](O[Si](C)(C)C(C)(C)C)[C@@]1(C)C(=O)[C@H](O)C3=C(C)[C@@H](O)C[C@@](O)([C@@H](OC(=O)c4ccccc4)[C@H]21)C3(C)C. The highest BCUT2D eigenvalue weighted by atomic mass is 28.4. The van der Waals surface area contributed by atoms with E-state index in [-0.39, 0.29) is 35.6 Å². The van der Waals surface area contributed by atoms with Gasteiger partial charge in [0.1, 0.15) is 23.9 Å². The number of hydrogen-bond acceptors (Lipinski definition) is 10. The molecule has 9 atom stereocenters. The molecule has 3 N–H and O–H groups in total. The number of fused-ring (bicyclic) bond motifs is 5. The van der Waals surface area contributed by atoms with Crippen molar-refractivity contribution < 1.29 is 48.3 Å². The van der Waals surface area contributed by atoms with Crippen molar-refractivity contribution in [2.24, 2.45) is 16.7 Å². The Hall–Kier alpha value is -2.41. The summed E-state index contributed by atoms with van der Waals surface area (Å²) in [6, 6.07) is 8.30. The van der Waals surface area contributed by atoms with Crippen molar-refractivity contribution in [3.05, 3.63) is 47.0 Å². The number of benzene rings is 1. The van der Waals surface area contributed by atoms with Gasteiger partial charge in [0.15, 0.2) is 19.7 Å². The lowest BCUT2D eigenvalue weighted by atomic mass is 9.44. The third kappa shape index (κ3) is 4.87. The lowest BCUT2D eigenvalue weighted by Crippen LogP contribution is -2.82. The van der Waals surface area contributed by atoms with Crippen LogP contribution in [0.15, 0.2) is 41.5 Å². The molecule has 5 rings (SSSR count). The van der Waals surface area contributed by atoms with E-state index in [4.69, 9.17) is 18.6 Å². The maximum absolute atomic E-state index is 15.1. The predicted molar refractivity (Wildman–Crippen MR) is 171 cm³/mol. The Balaban J connectivity index is 1.84. The van der Waals surface area contributed by atoms with E-state index in [2.05, 4.69) is 33.9 Å². The number of carbonyl (C=O) groups is 3. The summed E-state index contributed by atoms with van der Waals surface area (Å²) in [5.74, 6) is -3.22. The third-order valence-electron chi connectivity index (χ3n) is 12.2. The van der Waals surface area contributed by atoms with Gasteiger partial charge < -0.3 is 34.0 Å². The van der Waals surface area contributed by atoms with Crippen molar-refractivity contribution in [1.29, 1.82) is 0 Å². The molecular formula is C35H50O10Si. The van der Waals surface area contributed by atoms with E-state index in [1.54, 1.807) is 58.0 Å². The molecule has 0 unspecified atom stereocenters. The van der Waals surface area contributed by atoms with Gasteiger partial charge in [0.25, 0.3) is 0 Å². The van der Waals surface area contributed by atoms with Crippen LogP contribution in [0, 0.1) is 16.7 Å². The van der Waals surface area contributed by atoms with E-state index in [1.165, 1.54) is 6.92 Å². The molecule has 3 fully saturated rings. The molecule has 1 aromatic carbocycles. The smallest absolute Gasteiger partial charge is 0.338 e. The Morgan fingerprint density at radius 2 is 1.67 bits per heavy atom. The molecule has 3 aliphatic carbocycles. The van der Waals surface area contributed by atoms with Crippen LogP contribution in [-0.2, 0) is 28.2 Å². The van der Waals surface area contributed by atoms with E-state index < -0.39 is 84.5 Å². The van der Waals surface area contributed by atoms with Gasteiger partial charge in [-0.25, -0.2) is 4.79 Å². The summed E-state index contributed by atoms with van der Waals surface area (Å²) in [6.45, 7) is 18.2. The van der Waals surface area contributed by atoms with E-state index in [1.807, 2.05) is 0 Å². The summed E-state index contributed by atoms with van der Waals surface area (Å²) in [4.78, 5) is 41.9. The van der Waals surface area contributed by atoms with Crippen LogP contribution < -0.4 is 0 Å². The van der Waals surface area contributed by atoms with E-state index in [0.717, 1.165) is 0 Å². The van der Waals surface area contributed by atoms with Gasteiger partial charge in [0.05, 0.1) is 35.7 Å². The van der Waals surface area contributed by atoms with E-state index in [9.17, 15) is 24.9 Å². The predicted octanol–water partition coefficient (Wildman–Crippen LogP) is 4.11. The second kappa shape index (κ2) is 11.1. The first-order valence-electron chi connectivity index (χ1n) is 16.1. The highest BCUT2D eigenvalue weighted by Crippen LogP contribution is 2.65.